The molecule has 1 atom stereocenters. The standard InChI is InChI=1S/C18H28N2/c1-16(17-8-4-2-5-9-17)10-13-19-14-18(15-19)20-11-6-3-7-12-20/h2,4-5,8-9,16,18H,3,6-7,10-15H2,1H3/t16-/m0/s1. The third-order valence-electron chi connectivity index (χ3n) is 5.09. The van der Waals surface area contributed by atoms with E-state index in [2.05, 4.69) is 47.1 Å². The second-order valence-corrected chi connectivity index (χ2v) is 6.61. The van der Waals surface area contributed by atoms with Crippen LogP contribution in [0.3, 0.4) is 0 Å². The third kappa shape index (κ3) is 3.42. The molecule has 0 aliphatic carbocycles. The summed E-state index contributed by atoms with van der Waals surface area (Å²) in [5, 5.41) is 0. The summed E-state index contributed by atoms with van der Waals surface area (Å²) < 4.78 is 0. The molecule has 2 fully saturated rings. The summed E-state index contributed by atoms with van der Waals surface area (Å²) in [5.74, 6) is 0.685. The lowest BCUT2D eigenvalue weighted by Crippen LogP contribution is -2.60. The minimum Gasteiger partial charge on any atom is -0.300 e. The van der Waals surface area contributed by atoms with Gasteiger partial charge >= 0.3 is 0 Å². The van der Waals surface area contributed by atoms with E-state index in [9.17, 15) is 0 Å². The van der Waals surface area contributed by atoms with E-state index in [1.54, 1.807) is 0 Å². The van der Waals surface area contributed by atoms with E-state index < -0.39 is 0 Å². The summed E-state index contributed by atoms with van der Waals surface area (Å²) in [5.41, 5.74) is 1.49. The molecule has 3 rings (SSSR count). The Labute approximate surface area is 123 Å². The van der Waals surface area contributed by atoms with Gasteiger partial charge in [0, 0.05) is 19.1 Å². The van der Waals surface area contributed by atoms with Crippen molar-refractivity contribution in [3.05, 3.63) is 35.9 Å². The molecule has 1 aromatic rings. The molecule has 0 unspecified atom stereocenters. The molecule has 0 amide bonds. The summed E-state index contributed by atoms with van der Waals surface area (Å²) in [6, 6.07) is 11.8. The van der Waals surface area contributed by atoms with Gasteiger partial charge in [0.05, 0.1) is 0 Å². The number of hydrogen-bond acceptors (Lipinski definition) is 2. The molecular formula is C18H28N2. The SMILES string of the molecule is C[C@@H](CCN1CC(N2CCCCC2)C1)c1ccccc1. The fraction of sp³-hybridized carbons (Fsp3) is 0.667. The zero-order valence-corrected chi connectivity index (χ0v) is 12.8. The first-order valence-corrected chi connectivity index (χ1v) is 8.34. The Bertz CT molecular complexity index is 391. The molecule has 0 saturated carbocycles. The molecule has 0 aromatic heterocycles. The average molecular weight is 272 g/mol. The van der Waals surface area contributed by atoms with Crippen molar-refractivity contribution >= 4 is 0 Å². The van der Waals surface area contributed by atoms with E-state index in [1.165, 1.54) is 64.0 Å². The van der Waals surface area contributed by atoms with E-state index in [4.69, 9.17) is 0 Å². The van der Waals surface area contributed by atoms with Gasteiger partial charge in [-0.3, -0.25) is 4.90 Å². The van der Waals surface area contributed by atoms with Crippen LogP contribution in [0.2, 0.25) is 0 Å². The molecule has 2 saturated heterocycles. The lowest BCUT2D eigenvalue weighted by Gasteiger charge is -2.47. The van der Waals surface area contributed by atoms with Crippen LogP contribution in [0.25, 0.3) is 0 Å². The fourth-order valence-corrected chi connectivity index (χ4v) is 3.56. The minimum atomic E-state index is 0.685. The Hall–Kier alpha value is -0.860. The number of benzene rings is 1. The van der Waals surface area contributed by atoms with Crippen LogP contribution in [-0.2, 0) is 0 Å². The number of piperidine rings is 1. The highest BCUT2D eigenvalue weighted by Gasteiger charge is 2.31. The average Bonchev–Trinajstić information content (AvgIpc) is 2.47. The summed E-state index contributed by atoms with van der Waals surface area (Å²) in [4.78, 5) is 5.36. The van der Waals surface area contributed by atoms with Crippen LogP contribution >= 0.6 is 0 Å². The van der Waals surface area contributed by atoms with E-state index in [1.807, 2.05) is 0 Å². The van der Waals surface area contributed by atoms with Crippen molar-refractivity contribution in [1.82, 2.24) is 9.80 Å². The predicted molar refractivity (Wildman–Crippen MR) is 85.1 cm³/mol. The van der Waals surface area contributed by atoms with Crippen molar-refractivity contribution in [2.75, 3.05) is 32.7 Å². The highest BCUT2D eigenvalue weighted by atomic mass is 15.3. The fourth-order valence-electron chi connectivity index (χ4n) is 3.56. The quantitative estimate of drug-likeness (QED) is 0.811. The summed E-state index contributed by atoms with van der Waals surface area (Å²) >= 11 is 0. The highest BCUT2D eigenvalue weighted by Crippen LogP contribution is 2.23. The van der Waals surface area contributed by atoms with E-state index >= 15 is 0 Å². The van der Waals surface area contributed by atoms with E-state index in [0.29, 0.717) is 5.92 Å². The van der Waals surface area contributed by atoms with Crippen molar-refractivity contribution in [2.45, 2.75) is 44.6 Å². The molecule has 2 nitrogen and oxygen atoms in total. The number of hydrogen-bond donors (Lipinski definition) is 0. The molecule has 0 bridgehead atoms. The largest absolute Gasteiger partial charge is 0.300 e. The highest BCUT2D eigenvalue weighted by molar-refractivity contribution is 5.18. The summed E-state index contributed by atoms with van der Waals surface area (Å²) in [6.07, 6.45) is 5.57. The van der Waals surface area contributed by atoms with Crippen molar-refractivity contribution < 1.29 is 0 Å². The molecule has 2 heteroatoms. The Morgan fingerprint density at radius 3 is 2.45 bits per heavy atom. The molecule has 0 spiro atoms. The van der Waals surface area contributed by atoms with Crippen molar-refractivity contribution in [1.29, 1.82) is 0 Å². The molecule has 0 radical (unpaired) electrons. The predicted octanol–water partition coefficient (Wildman–Crippen LogP) is 3.35. The first kappa shape index (κ1) is 14.1. The summed E-state index contributed by atoms with van der Waals surface area (Å²) in [7, 11) is 0. The number of likely N-dealkylation sites (tertiary alicyclic amines) is 2. The monoisotopic (exact) mass is 272 g/mol. The van der Waals surface area contributed by atoms with Gasteiger partial charge in [0.15, 0.2) is 0 Å². The van der Waals surface area contributed by atoms with Crippen LogP contribution < -0.4 is 0 Å². The Morgan fingerprint density at radius 1 is 1.05 bits per heavy atom. The normalized spacial score (nSPS) is 23.4. The molecule has 110 valence electrons. The topological polar surface area (TPSA) is 6.48 Å². The van der Waals surface area contributed by atoms with Crippen LogP contribution in [0.1, 0.15) is 44.1 Å². The van der Waals surface area contributed by atoms with Gasteiger partial charge in [-0.2, -0.15) is 0 Å². The zero-order chi connectivity index (χ0) is 13.8. The maximum atomic E-state index is 2.72. The minimum absolute atomic E-state index is 0.685. The third-order valence-corrected chi connectivity index (χ3v) is 5.09. The smallest absolute Gasteiger partial charge is 0.0350 e. The maximum Gasteiger partial charge on any atom is 0.0350 e. The summed E-state index contributed by atoms with van der Waals surface area (Å²) in [6.45, 7) is 8.93. The first-order chi connectivity index (χ1) is 9.83. The van der Waals surface area contributed by atoms with E-state index in [0.717, 1.165) is 6.04 Å². The van der Waals surface area contributed by atoms with Crippen LogP contribution in [0.4, 0.5) is 0 Å². The van der Waals surface area contributed by atoms with Gasteiger partial charge in [-0.25, -0.2) is 0 Å². The van der Waals surface area contributed by atoms with Crippen molar-refractivity contribution in [2.24, 2.45) is 0 Å². The molecule has 1 aromatic carbocycles. The molecule has 0 N–H and O–H groups in total. The van der Waals surface area contributed by atoms with Crippen LogP contribution in [-0.4, -0.2) is 48.6 Å². The van der Waals surface area contributed by atoms with Crippen molar-refractivity contribution in [3.8, 4) is 0 Å². The Kier molecular flexibility index (Phi) is 4.74. The lowest BCUT2D eigenvalue weighted by molar-refractivity contribution is 0.0221. The number of rotatable bonds is 5. The lowest BCUT2D eigenvalue weighted by atomic mass is 9.96. The van der Waals surface area contributed by atoms with Gasteiger partial charge in [0.2, 0.25) is 0 Å². The van der Waals surface area contributed by atoms with Crippen LogP contribution in [0.15, 0.2) is 30.3 Å². The molecule has 20 heavy (non-hydrogen) atoms. The first-order valence-electron chi connectivity index (χ1n) is 8.34. The van der Waals surface area contributed by atoms with Crippen LogP contribution in [0, 0.1) is 0 Å². The Balaban J connectivity index is 1.36. The van der Waals surface area contributed by atoms with Gasteiger partial charge in [-0.1, -0.05) is 43.7 Å². The van der Waals surface area contributed by atoms with Gasteiger partial charge < -0.3 is 4.90 Å². The zero-order valence-electron chi connectivity index (χ0n) is 12.8. The van der Waals surface area contributed by atoms with E-state index in [-0.39, 0.29) is 0 Å². The second kappa shape index (κ2) is 6.73. The second-order valence-electron chi connectivity index (χ2n) is 6.61. The molecule has 2 aliphatic heterocycles. The van der Waals surface area contributed by atoms with Crippen LogP contribution in [0.5, 0.6) is 0 Å². The van der Waals surface area contributed by atoms with Gasteiger partial charge in [-0.15, -0.1) is 0 Å². The van der Waals surface area contributed by atoms with Gasteiger partial charge in [0.25, 0.3) is 0 Å². The molecule has 2 aliphatic rings. The maximum absolute atomic E-state index is 2.72. The molecule has 2 heterocycles. The Morgan fingerprint density at radius 2 is 1.75 bits per heavy atom. The van der Waals surface area contributed by atoms with Crippen molar-refractivity contribution in [3.63, 3.8) is 0 Å². The number of nitrogens with zero attached hydrogens (tertiary/aromatic N) is 2. The molecular weight excluding hydrogens is 244 g/mol. The van der Waals surface area contributed by atoms with Gasteiger partial charge in [0.1, 0.15) is 0 Å². The van der Waals surface area contributed by atoms with Gasteiger partial charge in [-0.05, 0) is 50.4 Å².